The minimum absolute atomic E-state index is 0.582. The Balaban J connectivity index is 2.61. The topological polar surface area (TPSA) is 24.9 Å². The van der Waals surface area contributed by atoms with Crippen LogP contribution in [0.2, 0.25) is 0 Å². The van der Waals surface area contributed by atoms with Gasteiger partial charge in [-0.1, -0.05) is 32.8 Å². The average Bonchev–Trinajstić information content (AvgIpc) is 2.37. The summed E-state index contributed by atoms with van der Waals surface area (Å²) >= 11 is 0. The maximum absolute atomic E-state index is 4.20. The van der Waals surface area contributed by atoms with Crippen molar-refractivity contribution >= 4 is 0 Å². The Hall–Kier alpha value is -0.890. The van der Waals surface area contributed by atoms with Gasteiger partial charge in [0.15, 0.2) is 0 Å². The van der Waals surface area contributed by atoms with Crippen LogP contribution in [0.5, 0.6) is 0 Å². The van der Waals surface area contributed by atoms with Crippen molar-refractivity contribution in [3.63, 3.8) is 0 Å². The molecule has 1 atom stereocenters. The third-order valence-corrected chi connectivity index (χ3v) is 3.44. The Bertz CT molecular complexity index is 278. The summed E-state index contributed by atoms with van der Waals surface area (Å²) in [7, 11) is 2.08. The largest absolute Gasteiger partial charge is 0.316 e. The molecule has 0 fully saturated rings. The fourth-order valence-corrected chi connectivity index (χ4v) is 2.57. The van der Waals surface area contributed by atoms with Gasteiger partial charge in [-0.15, -0.1) is 0 Å². The van der Waals surface area contributed by atoms with Gasteiger partial charge in [0.1, 0.15) is 0 Å². The lowest BCUT2D eigenvalue weighted by Gasteiger charge is -2.26. The Morgan fingerprint density at radius 1 is 1.24 bits per heavy atom. The fourth-order valence-electron chi connectivity index (χ4n) is 2.57. The summed E-state index contributed by atoms with van der Waals surface area (Å²) in [5.74, 6) is 0.787. The molecule has 2 heteroatoms. The molecule has 17 heavy (non-hydrogen) atoms. The van der Waals surface area contributed by atoms with Crippen LogP contribution in [0.15, 0.2) is 24.5 Å². The van der Waals surface area contributed by atoms with Crippen molar-refractivity contribution in [3.05, 3.63) is 30.1 Å². The standard InChI is InChI=1S/C15H26N2/c1-4-7-14(8-5-2)15(16-3)11-13-9-6-10-17-12-13/h6,9-10,12,14-16H,4-5,7-8,11H2,1-3H3. The molecule has 1 N–H and O–H groups in total. The number of likely N-dealkylation sites (N-methyl/N-ethyl adjacent to an activating group) is 1. The van der Waals surface area contributed by atoms with Gasteiger partial charge in [-0.3, -0.25) is 4.98 Å². The number of aromatic nitrogens is 1. The molecule has 0 aliphatic carbocycles. The first kappa shape index (κ1) is 14.2. The molecule has 0 bridgehead atoms. The van der Waals surface area contributed by atoms with Crippen molar-refractivity contribution < 1.29 is 0 Å². The van der Waals surface area contributed by atoms with Crippen LogP contribution in [-0.2, 0) is 6.42 Å². The predicted octanol–water partition coefficient (Wildman–Crippen LogP) is 3.43. The van der Waals surface area contributed by atoms with E-state index in [9.17, 15) is 0 Å². The molecule has 0 aromatic carbocycles. The molecule has 0 aliphatic heterocycles. The van der Waals surface area contributed by atoms with Crippen LogP contribution >= 0.6 is 0 Å². The second-order valence-electron chi connectivity index (χ2n) is 4.80. The SMILES string of the molecule is CCCC(CCC)C(Cc1cccnc1)NC. The summed E-state index contributed by atoms with van der Waals surface area (Å²) in [6.07, 6.45) is 10.1. The zero-order valence-electron chi connectivity index (χ0n) is 11.4. The molecule has 0 saturated heterocycles. The molecule has 2 nitrogen and oxygen atoms in total. The molecule has 0 amide bonds. The Labute approximate surface area is 106 Å². The lowest BCUT2D eigenvalue weighted by atomic mass is 9.87. The highest BCUT2D eigenvalue weighted by Gasteiger charge is 2.18. The zero-order valence-corrected chi connectivity index (χ0v) is 11.4. The number of rotatable bonds is 8. The van der Waals surface area contributed by atoms with Gasteiger partial charge in [0.05, 0.1) is 0 Å². The normalized spacial score (nSPS) is 12.9. The Morgan fingerprint density at radius 3 is 2.41 bits per heavy atom. The van der Waals surface area contributed by atoms with Gasteiger partial charge in [0, 0.05) is 18.4 Å². The third kappa shape index (κ3) is 4.86. The monoisotopic (exact) mass is 234 g/mol. The minimum atomic E-state index is 0.582. The van der Waals surface area contributed by atoms with Gasteiger partial charge >= 0.3 is 0 Å². The van der Waals surface area contributed by atoms with Gasteiger partial charge in [-0.05, 0) is 43.9 Å². The molecular formula is C15H26N2. The smallest absolute Gasteiger partial charge is 0.0300 e. The van der Waals surface area contributed by atoms with E-state index in [-0.39, 0.29) is 0 Å². The quantitative estimate of drug-likeness (QED) is 0.745. The van der Waals surface area contributed by atoms with Crippen LogP contribution < -0.4 is 5.32 Å². The highest BCUT2D eigenvalue weighted by molar-refractivity contribution is 5.10. The minimum Gasteiger partial charge on any atom is -0.316 e. The molecule has 0 spiro atoms. The van der Waals surface area contributed by atoms with Gasteiger partial charge in [0.2, 0.25) is 0 Å². The molecule has 0 aliphatic rings. The number of nitrogens with one attached hydrogen (secondary N) is 1. The van der Waals surface area contributed by atoms with Gasteiger partial charge in [0.25, 0.3) is 0 Å². The van der Waals surface area contributed by atoms with Crippen LogP contribution in [-0.4, -0.2) is 18.1 Å². The molecule has 1 rings (SSSR count). The Morgan fingerprint density at radius 2 is 1.94 bits per heavy atom. The summed E-state index contributed by atoms with van der Waals surface area (Å²) in [6, 6.07) is 4.78. The maximum atomic E-state index is 4.20. The van der Waals surface area contributed by atoms with E-state index in [1.165, 1.54) is 31.2 Å². The Kier molecular flexibility index (Phi) is 6.87. The van der Waals surface area contributed by atoms with Gasteiger partial charge in [-0.25, -0.2) is 0 Å². The first-order chi connectivity index (χ1) is 8.31. The number of nitrogens with zero attached hydrogens (tertiary/aromatic N) is 1. The lowest BCUT2D eigenvalue weighted by Crippen LogP contribution is -2.35. The summed E-state index contributed by atoms with van der Waals surface area (Å²) in [5.41, 5.74) is 1.34. The molecule has 0 saturated carbocycles. The van der Waals surface area contributed by atoms with E-state index in [1.807, 2.05) is 18.5 Å². The van der Waals surface area contributed by atoms with Crippen LogP contribution in [0, 0.1) is 5.92 Å². The second-order valence-corrected chi connectivity index (χ2v) is 4.80. The third-order valence-electron chi connectivity index (χ3n) is 3.44. The molecule has 1 aromatic rings. The molecule has 1 unspecified atom stereocenters. The van der Waals surface area contributed by atoms with Gasteiger partial charge in [-0.2, -0.15) is 0 Å². The van der Waals surface area contributed by atoms with E-state index in [4.69, 9.17) is 0 Å². The fraction of sp³-hybridized carbons (Fsp3) is 0.667. The van der Waals surface area contributed by atoms with Crippen molar-refractivity contribution in [1.82, 2.24) is 10.3 Å². The van der Waals surface area contributed by atoms with Crippen molar-refractivity contribution in [2.24, 2.45) is 5.92 Å². The molecule has 0 radical (unpaired) electrons. The van der Waals surface area contributed by atoms with E-state index >= 15 is 0 Å². The van der Waals surface area contributed by atoms with Crippen LogP contribution in [0.4, 0.5) is 0 Å². The second kappa shape index (κ2) is 8.24. The van der Waals surface area contributed by atoms with E-state index < -0.39 is 0 Å². The highest BCUT2D eigenvalue weighted by atomic mass is 14.9. The summed E-state index contributed by atoms with van der Waals surface area (Å²) < 4.78 is 0. The van der Waals surface area contributed by atoms with E-state index in [1.54, 1.807) is 0 Å². The maximum Gasteiger partial charge on any atom is 0.0300 e. The van der Waals surface area contributed by atoms with Gasteiger partial charge < -0.3 is 5.32 Å². The summed E-state index contributed by atoms with van der Waals surface area (Å²) in [5, 5.41) is 3.49. The molecular weight excluding hydrogens is 208 g/mol. The van der Waals surface area contributed by atoms with Crippen LogP contribution in [0.25, 0.3) is 0 Å². The van der Waals surface area contributed by atoms with Crippen molar-refractivity contribution in [2.75, 3.05) is 7.05 Å². The van der Waals surface area contributed by atoms with E-state index in [0.29, 0.717) is 6.04 Å². The molecule has 1 aromatic heterocycles. The number of hydrogen-bond acceptors (Lipinski definition) is 2. The van der Waals surface area contributed by atoms with Crippen molar-refractivity contribution in [2.45, 2.75) is 52.0 Å². The van der Waals surface area contributed by atoms with Crippen LogP contribution in [0.3, 0.4) is 0 Å². The molecule has 1 heterocycles. The summed E-state index contributed by atoms with van der Waals surface area (Å²) in [6.45, 7) is 4.55. The summed E-state index contributed by atoms with van der Waals surface area (Å²) in [4.78, 5) is 4.20. The zero-order chi connectivity index (χ0) is 12.5. The van der Waals surface area contributed by atoms with E-state index in [0.717, 1.165) is 12.3 Å². The number of pyridine rings is 1. The van der Waals surface area contributed by atoms with Crippen molar-refractivity contribution in [1.29, 1.82) is 0 Å². The van der Waals surface area contributed by atoms with Crippen molar-refractivity contribution in [3.8, 4) is 0 Å². The van der Waals surface area contributed by atoms with Crippen LogP contribution in [0.1, 0.15) is 45.1 Å². The molecule has 96 valence electrons. The predicted molar refractivity (Wildman–Crippen MR) is 74.1 cm³/mol. The lowest BCUT2D eigenvalue weighted by molar-refractivity contribution is 0.322. The highest BCUT2D eigenvalue weighted by Crippen LogP contribution is 2.20. The first-order valence-corrected chi connectivity index (χ1v) is 6.87. The van der Waals surface area contributed by atoms with E-state index in [2.05, 4.69) is 37.3 Å². The number of hydrogen-bond donors (Lipinski definition) is 1. The first-order valence-electron chi connectivity index (χ1n) is 6.87. The average molecular weight is 234 g/mol.